The zero-order chi connectivity index (χ0) is 20.9. The molecule has 1 heterocycles. The van der Waals surface area contributed by atoms with Gasteiger partial charge in [-0.15, -0.1) is 0 Å². The Hall–Kier alpha value is -1.59. The first kappa shape index (κ1) is 20.3. The number of halogens is 1. The summed E-state index contributed by atoms with van der Waals surface area (Å²) in [6.07, 6.45) is 7.68. The topological polar surface area (TPSA) is 52.7 Å². The number of benzene rings is 1. The van der Waals surface area contributed by atoms with E-state index in [0.717, 1.165) is 17.8 Å². The number of amides is 2. The van der Waals surface area contributed by atoms with Crippen LogP contribution in [0.4, 0.5) is 0 Å². The number of nitrogens with zero attached hydrogens (tertiary/aromatic N) is 2. The van der Waals surface area contributed by atoms with Crippen molar-refractivity contribution >= 4 is 23.4 Å². The van der Waals surface area contributed by atoms with E-state index in [4.69, 9.17) is 11.6 Å². The molecule has 162 valence electrons. The second-order valence-electron chi connectivity index (χ2n) is 10.2. The summed E-state index contributed by atoms with van der Waals surface area (Å²) in [6.45, 7) is 4.69. The third-order valence-electron chi connectivity index (χ3n) is 8.06. The van der Waals surface area contributed by atoms with Crippen LogP contribution in [0.3, 0.4) is 0 Å². The van der Waals surface area contributed by atoms with E-state index in [1.807, 2.05) is 24.0 Å². The van der Waals surface area contributed by atoms with E-state index in [1.54, 1.807) is 12.1 Å². The van der Waals surface area contributed by atoms with Crippen molar-refractivity contribution in [2.75, 3.05) is 26.2 Å². The van der Waals surface area contributed by atoms with Gasteiger partial charge in [0.25, 0.3) is 5.91 Å². The quantitative estimate of drug-likeness (QED) is 0.796. The largest absolute Gasteiger partial charge is 0.349 e. The first-order chi connectivity index (χ1) is 14.4. The summed E-state index contributed by atoms with van der Waals surface area (Å²) in [7, 11) is 0. The molecule has 4 bridgehead atoms. The first-order valence-electron chi connectivity index (χ1n) is 11.5. The lowest BCUT2D eigenvalue weighted by Gasteiger charge is -2.57. The van der Waals surface area contributed by atoms with Gasteiger partial charge in [-0.25, -0.2) is 0 Å². The van der Waals surface area contributed by atoms with Gasteiger partial charge in [-0.3, -0.25) is 14.5 Å². The molecule has 0 unspecified atom stereocenters. The molecular formula is C24H32ClN3O2. The van der Waals surface area contributed by atoms with Gasteiger partial charge in [0, 0.05) is 31.7 Å². The van der Waals surface area contributed by atoms with Crippen LogP contribution in [0.1, 0.15) is 55.8 Å². The van der Waals surface area contributed by atoms with E-state index in [9.17, 15) is 9.59 Å². The molecule has 1 N–H and O–H groups in total. The maximum atomic E-state index is 13.2. The zero-order valence-corrected chi connectivity index (χ0v) is 18.5. The summed E-state index contributed by atoms with van der Waals surface area (Å²) in [5.74, 6) is 2.62. The molecule has 4 aliphatic carbocycles. The lowest BCUT2D eigenvalue weighted by molar-refractivity contribution is -0.132. The highest BCUT2D eigenvalue weighted by Gasteiger charge is 2.51. The second kappa shape index (κ2) is 7.83. The fourth-order valence-electron chi connectivity index (χ4n) is 6.91. The van der Waals surface area contributed by atoms with Crippen molar-refractivity contribution in [2.24, 2.45) is 17.8 Å². The smallest absolute Gasteiger partial charge is 0.255 e. The number of hydrogen-bond donors (Lipinski definition) is 1. The summed E-state index contributed by atoms with van der Waals surface area (Å²) in [4.78, 5) is 30.0. The molecule has 5 fully saturated rings. The van der Waals surface area contributed by atoms with E-state index in [2.05, 4.69) is 10.2 Å². The Kier molecular flexibility index (Phi) is 5.30. The van der Waals surface area contributed by atoms with Crippen molar-refractivity contribution in [3.05, 3.63) is 34.9 Å². The molecule has 1 aromatic carbocycles. The molecule has 1 atom stereocenters. The van der Waals surface area contributed by atoms with Crippen LogP contribution in [0.15, 0.2) is 24.3 Å². The summed E-state index contributed by atoms with van der Waals surface area (Å²) in [5, 5.41) is 4.00. The zero-order valence-electron chi connectivity index (χ0n) is 17.8. The van der Waals surface area contributed by atoms with Crippen LogP contribution in [0, 0.1) is 17.8 Å². The first-order valence-corrected chi connectivity index (χ1v) is 11.9. The normalized spacial score (nSPS) is 34.1. The lowest BCUT2D eigenvalue weighted by Crippen LogP contribution is -2.63. The van der Waals surface area contributed by atoms with E-state index in [0.29, 0.717) is 36.8 Å². The molecule has 1 aromatic rings. The highest BCUT2D eigenvalue weighted by molar-refractivity contribution is 6.33. The number of hydrogen-bond acceptors (Lipinski definition) is 3. The Balaban J connectivity index is 1.17. The second-order valence-corrected chi connectivity index (χ2v) is 10.6. The van der Waals surface area contributed by atoms with Gasteiger partial charge in [0.15, 0.2) is 0 Å². The molecule has 1 aliphatic heterocycles. The molecule has 4 saturated carbocycles. The van der Waals surface area contributed by atoms with Gasteiger partial charge in [0.2, 0.25) is 5.91 Å². The van der Waals surface area contributed by atoms with Gasteiger partial charge in [0.05, 0.1) is 16.6 Å². The molecule has 2 amide bonds. The van der Waals surface area contributed by atoms with Gasteiger partial charge in [-0.1, -0.05) is 23.7 Å². The van der Waals surface area contributed by atoms with Gasteiger partial charge in [-0.05, 0) is 75.3 Å². The Morgan fingerprint density at radius 3 is 2.13 bits per heavy atom. The van der Waals surface area contributed by atoms with Crippen molar-refractivity contribution < 1.29 is 9.59 Å². The number of nitrogens with one attached hydrogen (secondary N) is 1. The van der Waals surface area contributed by atoms with Crippen molar-refractivity contribution in [1.29, 1.82) is 0 Å². The average Bonchev–Trinajstić information content (AvgIpc) is 2.72. The molecule has 0 radical (unpaired) electrons. The van der Waals surface area contributed by atoms with Crippen LogP contribution < -0.4 is 5.32 Å². The predicted octanol–water partition coefficient (Wildman–Crippen LogP) is 3.57. The Morgan fingerprint density at radius 1 is 1.00 bits per heavy atom. The highest BCUT2D eigenvalue weighted by Crippen LogP contribution is 2.55. The summed E-state index contributed by atoms with van der Waals surface area (Å²) >= 11 is 6.20. The average molecular weight is 430 g/mol. The summed E-state index contributed by atoms with van der Waals surface area (Å²) < 4.78 is 0. The molecular weight excluding hydrogens is 398 g/mol. The predicted molar refractivity (Wildman–Crippen MR) is 117 cm³/mol. The van der Waals surface area contributed by atoms with E-state index in [-0.39, 0.29) is 23.4 Å². The SMILES string of the molecule is C[C@@H](C(=O)NC12CC3CC(CC(C3)C1)C2)N1CCN(C(=O)c2ccccc2Cl)CC1. The summed E-state index contributed by atoms with van der Waals surface area (Å²) in [5.41, 5.74) is 0.613. The number of piperazine rings is 1. The van der Waals surface area contributed by atoms with Crippen LogP contribution in [0.2, 0.25) is 5.02 Å². The number of rotatable bonds is 4. The molecule has 30 heavy (non-hydrogen) atoms. The maximum Gasteiger partial charge on any atom is 0.255 e. The maximum absolute atomic E-state index is 13.2. The molecule has 1 saturated heterocycles. The van der Waals surface area contributed by atoms with Crippen molar-refractivity contribution in [3.63, 3.8) is 0 Å². The Bertz CT molecular complexity index is 798. The minimum Gasteiger partial charge on any atom is -0.349 e. The molecule has 6 heteroatoms. The van der Waals surface area contributed by atoms with Crippen LogP contribution >= 0.6 is 11.6 Å². The van der Waals surface area contributed by atoms with Crippen molar-refractivity contribution in [1.82, 2.24) is 15.1 Å². The van der Waals surface area contributed by atoms with Crippen molar-refractivity contribution in [3.8, 4) is 0 Å². The third kappa shape index (κ3) is 3.75. The minimum absolute atomic E-state index is 0.0223. The lowest BCUT2D eigenvalue weighted by atomic mass is 9.53. The third-order valence-corrected chi connectivity index (χ3v) is 8.39. The van der Waals surface area contributed by atoms with Gasteiger partial charge < -0.3 is 10.2 Å². The minimum atomic E-state index is -0.157. The molecule has 6 rings (SSSR count). The van der Waals surface area contributed by atoms with Crippen molar-refractivity contribution in [2.45, 2.75) is 57.0 Å². The van der Waals surface area contributed by atoms with E-state index < -0.39 is 0 Å². The fraction of sp³-hybridized carbons (Fsp3) is 0.667. The Labute approximate surface area is 184 Å². The molecule has 5 aliphatic rings. The number of carbonyl (C=O) groups excluding carboxylic acids is 2. The van der Waals surface area contributed by atoms with Gasteiger partial charge in [-0.2, -0.15) is 0 Å². The summed E-state index contributed by atoms with van der Waals surface area (Å²) in [6, 6.07) is 7.05. The van der Waals surface area contributed by atoms with Gasteiger partial charge in [0.1, 0.15) is 0 Å². The number of carbonyl (C=O) groups is 2. The fourth-order valence-corrected chi connectivity index (χ4v) is 7.13. The van der Waals surface area contributed by atoms with Gasteiger partial charge >= 0.3 is 0 Å². The van der Waals surface area contributed by atoms with E-state index in [1.165, 1.54) is 38.5 Å². The molecule has 0 aromatic heterocycles. The monoisotopic (exact) mass is 429 g/mol. The van der Waals surface area contributed by atoms with Crippen LogP contribution in [-0.2, 0) is 4.79 Å². The van der Waals surface area contributed by atoms with E-state index >= 15 is 0 Å². The van der Waals surface area contributed by atoms with Crippen LogP contribution in [0.25, 0.3) is 0 Å². The Morgan fingerprint density at radius 2 is 1.57 bits per heavy atom. The van der Waals surface area contributed by atoms with Crippen LogP contribution in [-0.4, -0.2) is 59.4 Å². The standard InChI is InChI=1S/C24H32ClN3O2/c1-16(22(29)26-24-13-17-10-18(14-24)12-19(11-17)15-24)27-6-8-28(9-7-27)23(30)20-4-2-3-5-21(20)25/h2-5,16-19H,6-15H2,1H3,(H,26,29)/t16-,17?,18?,19?,24?/m0/s1. The van der Waals surface area contributed by atoms with Crippen LogP contribution in [0.5, 0.6) is 0 Å². The molecule has 0 spiro atoms. The molecule has 5 nitrogen and oxygen atoms in total. The highest BCUT2D eigenvalue weighted by atomic mass is 35.5.